The number of allylic oxidation sites excluding steroid dienone is 6. The van der Waals surface area contributed by atoms with E-state index in [0.29, 0.717) is 0 Å². The van der Waals surface area contributed by atoms with E-state index in [0.717, 1.165) is 0 Å². The van der Waals surface area contributed by atoms with E-state index in [1.807, 2.05) is 10.4 Å². The van der Waals surface area contributed by atoms with Crippen molar-refractivity contribution in [2.24, 2.45) is 0 Å². The summed E-state index contributed by atoms with van der Waals surface area (Å²) in [6.45, 7) is 0. The first-order valence-corrected chi connectivity index (χ1v) is 28.1. The molecule has 1 aromatic rings. The highest BCUT2D eigenvalue weighted by Crippen LogP contribution is 2.33. The zero-order valence-corrected chi connectivity index (χ0v) is 35.2. The zero-order chi connectivity index (χ0) is 34.7. The second-order valence-electron chi connectivity index (χ2n) is 17.3. The molecule has 0 N–H and O–H groups in total. The van der Waals surface area contributed by atoms with E-state index in [-0.39, 0.29) is 0 Å². The Bertz CT molecular complexity index is 872. The number of hydrogen-bond donors (Lipinski definition) is 0. The molecular formula is C48H82Si2. The summed E-state index contributed by atoms with van der Waals surface area (Å²) in [6.07, 6.45) is 57.6. The minimum Gasteiger partial charge on any atom is -0.0885 e. The molecule has 0 nitrogen and oxygen atoms in total. The SMILES string of the molecule is C1=C\CCCCCC[Si]23CCCCCC/C=C\CCCCCC[Si](CCCCCC/1)(CCCCCC/C=C\CCCCCC2)c1ccc3cc1. The molecule has 0 saturated heterocycles. The molecule has 282 valence electrons. The molecule has 6 heterocycles. The lowest BCUT2D eigenvalue weighted by Gasteiger charge is -2.36. The predicted molar refractivity (Wildman–Crippen MR) is 232 cm³/mol. The van der Waals surface area contributed by atoms with E-state index in [4.69, 9.17) is 0 Å². The highest BCUT2D eigenvalue weighted by molar-refractivity contribution is 6.93. The quantitative estimate of drug-likeness (QED) is 0.185. The van der Waals surface area contributed by atoms with Gasteiger partial charge in [0.1, 0.15) is 0 Å². The van der Waals surface area contributed by atoms with Gasteiger partial charge >= 0.3 is 0 Å². The third-order valence-electron chi connectivity index (χ3n) is 13.3. The molecule has 0 atom stereocenters. The van der Waals surface area contributed by atoms with Crippen LogP contribution in [0.4, 0.5) is 0 Å². The molecule has 0 aliphatic carbocycles. The monoisotopic (exact) mass is 715 g/mol. The van der Waals surface area contributed by atoms with E-state index in [1.54, 1.807) is 36.3 Å². The summed E-state index contributed by atoms with van der Waals surface area (Å²) in [7, 11) is -3.14. The van der Waals surface area contributed by atoms with Crippen LogP contribution in [0.25, 0.3) is 0 Å². The predicted octanol–water partition coefficient (Wildman–Crippen LogP) is 15.4. The molecule has 0 unspecified atom stereocenters. The molecule has 0 amide bonds. The summed E-state index contributed by atoms with van der Waals surface area (Å²) in [5, 5.41) is 3.74. The second-order valence-corrected chi connectivity index (χ2v) is 26.5. The van der Waals surface area contributed by atoms with Gasteiger partial charge in [-0.2, -0.15) is 0 Å². The van der Waals surface area contributed by atoms with E-state index in [1.165, 1.54) is 193 Å². The molecule has 1 aromatic carbocycles. The average molecular weight is 715 g/mol. The first-order chi connectivity index (χ1) is 24.8. The van der Waals surface area contributed by atoms with Gasteiger partial charge < -0.3 is 0 Å². The minimum absolute atomic E-state index is 1.31. The summed E-state index contributed by atoms with van der Waals surface area (Å²) in [4.78, 5) is 0. The lowest BCUT2D eigenvalue weighted by Crippen LogP contribution is -2.51. The molecule has 0 saturated carbocycles. The molecule has 2 heteroatoms. The van der Waals surface area contributed by atoms with Crippen LogP contribution in [0.15, 0.2) is 60.7 Å². The zero-order valence-electron chi connectivity index (χ0n) is 33.2. The third kappa shape index (κ3) is 16.3. The molecule has 0 aromatic heterocycles. The van der Waals surface area contributed by atoms with Crippen molar-refractivity contribution in [1.29, 1.82) is 0 Å². The Balaban J connectivity index is 1.69. The fourth-order valence-electron chi connectivity index (χ4n) is 9.98. The summed E-state index contributed by atoms with van der Waals surface area (Å²) in [5.41, 5.74) is 0. The van der Waals surface area contributed by atoms with Gasteiger partial charge in [0.2, 0.25) is 0 Å². The van der Waals surface area contributed by atoms with Gasteiger partial charge in [0.15, 0.2) is 0 Å². The van der Waals surface area contributed by atoms with Crippen LogP contribution < -0.4 is 10.4 Å². The maximum Gasteiger partial charge on any atom is 0.0867 e. The standard InChI is InChI=1S/C48H82Si2/c1-2-8-14-20-26-32-42-50-45-35-29-23-17-11-5-3-9-15-21-27-33-43-49(41-31-25-19-13-7-1,47-37-39-48(50)40-38-47)44-34-28-22-16-10-4-6-12-18-24-30-36-46-50/h1-6,37-40H,7-36,41-46H2/b2-1-,5-3-,6-4-. The summed E-state index contributed by atoms with van der Waals surface area (Å²) < 4.78 is 0. The average Bonchev–Trinajstić information content (AvgIpc) is 3.13. The highest BCUT2D eigenvalue weighted by Gasteiger charge is 2.36. The van der Waals surface area contributed by atoms with Gasteiger partial charge in [0, 0.05) is 0 Å². The highest BCUT2D eigenvalue weighted by atomic mass is 28.3. The fourth-order valence-corrected chi connectivity index (χ4v) is 20.5. The van der Waals surface area contributed by atoms with Gasteiger partial charge in [0.05, 0.1) is 16.1 Å². The van der Waals surface area contributed by atoms with E-state index in [9.17, 15) is 0 Å². The van der Waals surface area contributed by atoms with Gasteiger partial charge in [-0.05, 0) is 77.0 Å². The number of benzene rings is 1. The Hall–Kier alpha value is -1.13. The molecule has 0 spiro atoms. The molecular weight excluding hydrogens is 633 g/mol. The molecule has 7 rings (SSSR count). The second kappa shape index (κ2) is 26.6. The van der Waals surface area contributed by atoms with Crippen LogP contribution in [-0.4, -0.2) is 16.1 Å². The third-order valence-corrected chi connectivity index (χ3v) is 24.2. The number of hydrogen-bond acceptors (Lipinski definition) is 0. The Morgan fingerprint density at radius 2 is 0.400 bits per heavy atom. The molecule has 0 fully saturated rings. The molecule has 6 aliphatic rings. The van der Waals surface area contributed by atoms with Crippen molar-refractivity contribution < 1.29 is 0 Å². The van der Waals surface area contributed by atoms with E-state index >= 15 is 0 Å². The Morgan fingerprint density at radius 1 is 0.220 bits per heavy atom. The molecule has 6 aliphatic heterocycles. The number of fused-ring (bicyclic) bond motifs is 36. The Morgan fingerprint density at radius 3 is 0.600 bits per heavy atom. The van der Waals surface area contributed by atoms with Crippen LogP contribution in [0.5, 0.6) is 0 Å². The topological polar surface area (TPSA) is 0 Å². The van der Waals surface area contributed by atoms with Crippen LogP contribution in [0, 0.1) is 0 Å². The Kier molecular flexibility index (Phi) is 22.2. The molecule has 4 bridgehead atoms. The summed E-state index contributed by atoms with van der Waals surface area (Å²) >= 11 is 0. The minimum atomic E-state index is -1.57. The smallest absolute Gasteiger partial charge is 0.0867 e. The molecule has 0 radical (unpaired) electrons. The largest absolute Gasteiger partial charge is 0.0885 e. The lowest BCUT2D eigenvalue weighted by molar-refractivity contribution is 0.639. The van der Waals surface area contributed by atoms with Crippen LogP contribution in [0.3, 0.4) is 0 Å². The van der Waals surface area contributed by atoms with Gasteiger partial charge in [-0.15, -0.1) is 0 Å². The van der Waals surface area contributed by atoms with Crippen LogP contribution in [-0.2, 0) is 0 Å². The van der Waals surface area contributed by atoms with Crippen molar-refractivity contribution in [3.05, 3.63) is 60.7 Å². The van der Waals surface area contributed by atoms with Crippen molar-refractivity contribution in [2.75, 3.05) is 0 Å². The van der Waals surface area contributed by atoms with Gasteiger partial charge in [0.25, 0.3) is 0 Å². The van der Waals surface area contributed by atoms with Gasteiger partial charge in [-0.1, -0.05) is 223 Å². The van der Waals surface area contributed by atoms with Crippen molar-refractivity contribution in [3.8, 4) is 0 Å². The maximum absolute atomic E-state index is 2.80. The van der Waals surface area contributed by atoms with Crippen LogP contribution >= 0.6 is 0 Å². The normalized spacial score (nSPS) is 30.2. The summed E-state index contributed by atoms with van der Waals surface area (Å²) in [5.74, 6) is 0. The fraction of sp³-hybridized carbons (Fsp3) is 0.750. The molecule has 50 heavy (non-hydrogen) atoms. The summed E-state index contributed by atoms with van der Waals surface area (Å²) in [6, 6.07) is 20.5. The van der Waals surface area contributed by atoms with Crippen molar-refractivity contribution in [3.63, 3.8) is 0 Å². The van der Waals surface area contributed by atoms with Gasteiger partial charge in [-0.3, -0.25) is 0 Å². The van der Waals surface area contributed by atoms with Gasteiger partial charge in [-0.25, -0.2) is 0 Å². The van der Waals surface area contributed by atoms with Crippen LogP contribution in [0.2, 0.25) is 36.3 Å². The Labute approximate surface area is 314 Å². The van der Waals surface area contributed by atoms with E-state index in [2.05, 4.69) is 60.7 Å². The number of rotatable bonds is 0. The lowest BCUT2D eigenvalue weighted by atomic mass is 10.1. The maximum atomic E-state index is 2.80. The van der Waals surface area contributed by atoms with Crippen molar-refractivity contribution in [1.82, 2.24) is 0 Å². The first-order valence-electron chi connectivity index (χ1n) is 22.9. The first kappa shape index (κ1) is 41.6. The van der Waals surface area contributed by atoms with E-state index < -0.39 is 16.1 Å². The van der Waals surface area contributed by atoms with Crippen LogP contribution in [0.1, 0.15) is 193 Å². The van der Waals surface area contributed by atoms with Crippen molar-refractivity contribution >= 4 is 26.5 Å². The van der Waals surface area contributed by atoms with Crippen molar-refractivity contribution in [2.45, 2.75) is 229 Å².